The van der Waals surface area contributed by atoms with Gasteiger partial charge in [-0.25, -0.2) is 0 Å². The van der Waals surface area contributed by atoms with E-state index in [2.05, 4.69) is 0 Å². The lowest BCUT2D eigenvalue weighted by Crippen LogP contribution is -1.99. The van der Waals surface area contributed by atoms with E-state index in [9.17, 15) is 19.1 Å². The maximum Gasteiger partial charge on any atom is 0.329 e. The van der Waals surface area contributed by atoms with E-state index in [-0.39, 0.29) is 12.8 Å². The van der Waals surface area contributed by atoms with Crippen LogP contribution in [0.5, 0.6) is 0 Å². The van der Waals surface area contributed by atoms with Crippen molar-refractivity contribution in [1.82, 2.24) is 0 Å². The van der Waals surface area contributed by atoms with Gasteiger partial charge in [-0.3, -0.25) is 9.36 Å². The van der Waals surface area contributed by atoms with Crippen LogP contribution in [0.15, 0.2) is 42.5 Å². The smallest absolute Gasteiger partial charge is 0.329 e. The molecule has 0 heterocycles. The summed E-state index contributed by atoms with van der Waals surface area (Å²) in [4.78, 5) is 29.1. The minimum absolute atomic E-state index is 0.0525. The third-order valence-electron chi connectivity index (χ3n) is 3.34. The summed E-state index contributed by atoms with van der Waals surface area (Å²) < 4.78 is 11.3. The van der Waals surface area contributed by atoms with Crippen LogP contribution in [0, 0.1) is 0 Å². The standard InChI is InChI=1S/C16H18NO5P/c17-15-4-2-1-3-14(15)13-8-11(5-6-16(18)19)7-12(9-13)10-23(20,21)22/h1-4,7-9H,5-6,10,17H2,(H,18,19)(H2,20,21,22). The summed E-state index contributed by atoms with van der Waals surface area (Å²) in [6.45, 7) is 0. The van der Waals surface area contributed by atoms with E-state index in [0.29, 0.717) is 16.8 Å². The van der Waals surface area contributed by atoms with E-state index in [0.717, 1.165) is 11.1 Å². The van der Waals surface area contributed by atoms with Crippen molar-refractivity contribution in [2.75, 3.05) is 5.73 Å². The average Bonchev–Trinajstić information content (AvgIpc) is 2.43. The second-order valence-electron chi connectivity index (χ2n) is 5.34. The first-order valence-corrected chi connectivity index (χ1v) is 8.78. The van der Waals surface area contributed by atoms with Crippen LogP contribution in [0.3, 0.4) is 0 Å². The Labute approximate surface area is 133 Å². The summed E-state index contributed by atoms with van der Waals surface area (Å²) in [5.74, 6) is -0.925. The van der Waals surface area contributed by atoms with Crippen molar-refractivity contribution in [3.63, 3.8) is 0 Å². The number of anilines is 1. The maximum atomic E-state index is 11.3. The average molecular weight is 335 g/mol. The number of carbonyl (C=O) groups is 1. The Bertz CT molecular complexity index is 769. The number of hydrogen-bond acceptors (Lipinski definition) is 3. The van der Waals surface area contributed by atoms with Gasteiger partial charge in [0.1, 0.15) is 0 Å². The third-order valence-corrected chi connectivity index (χ3v) is 4.12. The van der Waals surface area contributed by atoms with Gasteiger partial charge in [-0.1, -0.05) is 36.4 Å². The molecule has 7 heteroatoms. The molecule has 0 radical (unpaired) electrons. The fourth-order valence-corrected chi connectivity index (χ4v) is 3.06. The van der Waals surface area contributed by atoms with Gasteiger partial charge in [0, 0.05) is 17.7 Å². The SMILES string of the molecule is Nc1ccccc1-c1cc(CCC(=O)O)cc(CP(=O)(O)O)c1. The molecule has 0 aromatic heterocycles. The molecule has 2 rings (SSSR count). The minimum atomic E-state index is -4.22. The van der Waals surface area contributed by atoms with Crippen LogP contribution in [-0.4, -0.2) is 20.9 Å². The Balaban J connectivity index is 2.46. The first kappa shape index (κ1) is 17.2. The van der Waals surface area contributed by atoms with Crippen molar-refractivity contribution in [2.24, 2.45) is 0 Å². The Kier molecular flexibility index (Phi) is 5.21. The van der Waals surface area contributed by atoms with Gasteiger partial charge in [0.05, 0.1) is 6.16 Å². The molecule has 2 aromatic rings. The second kappa shape index (κ2) is 6.96. The molecule has 6 nitrogen and oxygen atoms in total. The van der Waals surface area contributed by atoms with Gasteiger partial charge in [-0.2, -0.15) is 0 Å². The van der Waals surface area contributed by atoms with Crippen LogP contribution in [0.25, 0.3) is 11.1 Å². The number of benzene rings is 2. The topological polar surface area (TPSA) is 121 Å². The summed E-state index contributed by atoms with van der Waals surface area (Å²) in [6.07, 6.45) is -0.166. The van der Waals surface area contributed by atoms with Crippen LogP contribution in [0.4, 0.5) is 5.69 Å². The molecule has 0 saturated carbocycles. The van der Waals surface area contributed by atoms with Crippen molar-refractivity contribution in [3.05, 3.63) is 53.6 Å². The Morgan fingerprint density at radius 2 is 1.74 bits per heavy atom. The summed E-state index contributed by atoms with van der Waals surface area (Å²) >= 11 is 0. The minimum Gasteiger partial charge on any atom is -0.481 e. The molecule has 0 atom stereocenters. The number of aryl methyl sites for hydroxylation is 1. The summed E-state index contributed by atoms with van der Waals surface area (Å²) in [5.41, 5.74) is 9.13. The molecule has 0 aliphatic carbocycles. The van der Waals surface area contributed by atoms with E-state index < -0.39 is 19.7 Å². The molecule has 0 unspecified atom stereocenters. The molecule has 0 spiro atoms. The van der Waals surface area contributed by atoms with Gasteiger partial charge in [0.25, 0.3) is 0 Å². The van der Waals surface area contributed by atoms with E-state index in [1.54, 1.807) is 30.3 Å². The van der Waals surface area contributed by atoms with E-state index in [1.165, 1.54) is 0 Å². The Hall–Kier alpha value is -2.14. The van der Waals surface area contributed by atoms with Gasteiger partial charge >= 0.3 is 13.6 Å². The number of rotatable bonds is 6. The van der Waals surface area contributed by atoms with Crippen LogP contribution in [0.2, 0.25) is 0 Å². The molecule has 0 amide bonds. The second-order valence-corrected chi connectivity index (χ2v) is 6.99. The molecule has 23 heavy (non-hydrogen) atoms. The number of para-hydroxylation sites is 1. The molecule has 0 bridgehead atoms. The highest BCUT2D eigenvalue weighted by Crippen LogP contribution is 2.40. The lowest BCUT2D eigenvalue weighted by molar-refractivity contribution is -0.136. The molecule has 122 valence electrons. The van der Waals surface area contributed by atoms with E-state index >= 15 is 0 Å². The predicted octanol–water partition coefficient (Wildman–Crippen LogP) is 2.63. The van der Waals surface area contributed by atoms with Crippen LogP contribution in [0.1, 0.15) is 17.5 Å². The zero-order valence-corrected chi connectivity index (χ0v) is 13.2. The highest BCUT2D eigenvalue weighted by Gasteiger charge is 2.16. The summed E-state index contributed by atoms with van der Waals surface area (Å²) in [6, 6.07) is 12.3. The van der Waals surface area contributed by atoms with Crippen molar-refractivity contribution < 1.29 is 24.3 Å². The van der Waals surface area contributed by atoms with Crippen molar-refractivity contribution in [2.45, 2.75) is 19.0 Å². The van der Waals surface area contributed by atoms with Crippen LogP contribution in [-0.2, 0) is 21.9 Å². The molecule has 2 aromatic carbocycles. The first-order chi connectivity index (χ1) is 10.7. The lowest BCUT2D eigenvalue weighted by Gasteiger charge is -2.12. The number of carboxylic acids is 1. The molecule has 0 aliphatic heterocycles. The molecular formula is C16H18NO5P. The largest absolute Gasteiger partial charge is 0.481 e. The zero-order valence-electron chi connectivity index (χ0n) is 12.3. The molecule has 0 saturated heterocycles. The molecule has 5 N–H and O–H groups in total. The van der Waals surface area contributed by atoms with Crippen molar-refractivity contribution >= 4 is 19.3 Å². The van der Waals surface area contributed by atoms with Gasteiger partial charge in [0.15, 0.2) is 0 Å². The number of hydrogen-bond donors (Lipinski definition) is 4. The third kappa shape index (κ3) is 5.21. The van der Waals surface area contributed by atoms with Gasteiger partial charge in [-0.05, 0) is 29.2 Å². The fraction of sp³-hybridized carbons (Fsp3) is 0.188. The van der Waals surface area contributed by atoms with Gasteiger partial charge in [-0.15, -0.1) is 0 Å². The number of nitrogen functional groups attached to an aromatic ring is 1. The monoisotopic (exact) mass is 335 g/mol. The lowest BCUT2D eigenvalue weighted by atomic mass is 9.97. The van der Waals surface area contributed by atoms with E-state index in [4.69, 9.17) is 10.8 Å². The summed E-state index contributed by atoms with van der Waals surface area (Å²) in [5, 5.41) is 8.82. The van der Waals surface area contributed by atoms with Gasteiger partial charge in [0.2, 0.25) is 0 Å². The predicted molar refractivity (Wildman–Crippen MR) is 88.0 cm³/mol. The maximum absolute atomic E-state index is 11.3. The quantitative estimate of drug-likeness (QED) is 0.476. The molecular weight excluding hydrogens is 317 g/mol. The highest BCUT2D eigenvalue weighted by atomic mass is 31.2. The number of aliphatic carboxylic acids is 1. The van der Waals surface area contributed by atoms with Crippen LogP contribution >= 0.6 is 7.60 Å². The van der Waals surface area contributed by atoms with Crippen LogP contribution < -0.4 is 5.73 Å². The molecule has 0 aliphatic rings. The van der Waals surface area contributed by atoms with Crippen molar-refractivity contribution in [1.29, 1.82) is 0 Å². The zero-order chi connectivity index (χ0) is 17.0. The first-order valence-electron chi connectivity index (χ1n) is 6.99. The molecule has 0 fully saturated rings. The Morgan fingerprint density at radius 1 is 1.09 bits per heavy atom. The number of nitrogens with two attached hydrogens (primary N) is 1. The fourth-order valence-electron chi connectivity index (χ4n) is 2.40. The normalized spacial score (nSPS) is 11.4. The number of carboxylic acid groups (broad SMARTS) is 1. The van der Waals surface area contributed by atoms with Gasteiger partial charge < -0.3 is 20.6 Å². The van der Waals surface area contributed by atoms with Crippen molar-refractivity contribution in [3.8, 4) is 11.1 Å². The summed E-state index contributed by atoms with van der Waals surface area (Å²) in [7, 11) is -4.22. The highest BCUT2D eigenvalue weighted by molar-refractivity contribution is 7.50. The Morgan fingerprint density at radius 3 is 2.35 bits per heavy atom. The van der Waals surface area contributed by atoms with E-state index in [1.807, 2.05) is 12.1 Å².